The largest absolute Gasteiger partial charge is 0.360 e. The quantitative estimate of drug-likeness (QED) is 0.805. The van der Waals surface area contributed by atoms with Gasteiger partial charge in [0.05, 0.1) is 12.2 Å². The molecule has 106 valence electrons. The lowest BCUT2D eigenvalue weighted by molar-refractivity contribution is 0.214. The van der Waals surface area contributed by atoms with Gasteiger partial charge in [-0.1, -0.05) is 18.1 Å². The summed E-state index contributed by atoms with van der Waals surface area (Å²) in [6.07, 6.45) is 4.19. The predicted octanol–water partition coefficient (Wildman–Crippen LogP) is 3.52. The Hall–Kier alpha value is -1.26. The van der Waals surface area contributed by atoms with Crippen molar-refractivity contribution in [3.8, 4) is 0 Å². The summed E-state index contributed by atoms with van der Waals surface area (Å²) in [7, 11) is 0. The molecule has 0 amide bonds. The van der Waals surface area contributed by atoms with Crippen LogP contribution in [0.5, 0.6) is 0 Å². The molecule has 0 N–H and O–H groups in total. The molecule has 20 heavy (non-hydrogen) atoms. The van der Waals surface area contributed by atoms with Crippen molar-refractivity contribution < 1.29 is 4.52 Å². The van der Waals surface area contributed by atoms with Crippen molar-refractivity contribution in [1.29, 1.82) is 0 Å². The number of rotatable bonds is 4. The molecular weight excluding hydrogens is 268 g/mol. The summed E-state index contributed by atoms with van der Waals surface area (Å²) < 4.78 is 5.39. The molecule has 1 aromatic carbocycles. The summed E-state index contributed by atoms with van der Waals surface area (Å²) in [5.41, 5.74) is 3.99. The van der Waals surface area contributed by atoms with Gasteiger partial charge in [-0.05, 0) is 42.4 Å². The fourth-order valence-electron chi connectivity index (χ4n) is 2.67. The Bertz CT molecular complexity index is 594. The maximum Gasteiger partial charge on any atom is 0.150 e. The molecule has 3 nitrogen and oxygen atoms in total. The van der Waals surface area contributed by atoms with Crippen LogP contribution in [0.2, 0.25) is 0 Å². The third-order valence-electron chi connectivity index (χ3n) is 3.85. The average molecular weight is 288 g/mol. The molecule has 1 aliphatic heterocycles. The van der Waals surface area contributed by atoms with Gasteiger partial charge < -0.3 is 4.52 Å². The fraction of sp³-hybridized carbons (Fsp3) is 0.438. The Kier molecular flexibility index (Phi) is 4.13. The number of aryl methyl sites for hydroxylation is 1. The summed E-state index contributed by atoms with van der Waals surface area (Å²) in [6.45, 7) is 5.05. The Morgan fingerprint density at radius 3 is 2.95 bits per heavy atom. The highest BCUT2D eigenvalue weighted by atomic mass is 32.2. The lowest BCUT2D eigenvalue weighted by Crippen LogP contribution is -2.29. The number of nitrogens with zero attached hydrogens (tertiary/aromatic N) is 2. The van der Waals surface area contributed by atoms with E-state index in [-0.39, 0.29) is 0 Å². The minimum Gasteiger partial charge on any atom is -0.360 e. The molecule has 2 aromatic rings. The zero-order valence-corrected chi connectivity index (χ0v) is 12.9. The van der Waals surface area contributed by atoms with Gasteiger partial charge in [0.1, 0.15) is 0 Å². The van der Waals surface area contributed by atoms with Crippen molar-refractivity contribution in [1.82, 2.24) is 10.1 Å². The SMILES string of the molecule is CCc1cc(CN2CCc3cc(SC)ccc3C2)on1. The van der Waals surface area contributed by atoms with Crippen LogP contribution >= 0.6 is 11.8 Å². The van der Waals surface area contributed by atoms with Gasteiger partial charge in [0, 0.05) is 24.1 Å². The van der Waals surface area contributed by atoms with Crippen molar-refractivity contribution in [3.05, 3.63) is 46.8 Å². The van der Waals surface area contributed by atoms with E-state index in [0.717, 1.165) is 43.9 Å². The van der Waals surface area contributed by atoms with Crippen molar-refractivity contribution in [2.45, 2.75) is 37.8 Å². The van der Waals surface area contributed by atoms with Gasteiger partial charge in [-0.15, -0.1) is 11.8 Å². The van der Waals surface area contributed by atoms with E-state index in [4.69, 9.17) is 4.52 Å². The van der Waals surface area contributed by atoms with Crippen molar-refractivity contribution in [3.63, 3.8) is 0 Å². The van der Waals surface area contributed by atoms with E-state index in [9.17, 15) is 0 Å². The van der Waals surface area contributed by atoms with Crippen LogP contribution in [-0.2, 0) is 25.9 Å². The molecule has 0 saturated heterocycles. The maximum absolute atomic E-state index is 5.39. The summed E-state index contributed by atoms with van der Waals surface area (Å²) in [4.78, 5) is 3.79. The Morgan fingerprint density at radius 1 is 1.30 bits per heavy atom. The minimum atomic E-state index is 0.858. The fourth-order valence-corrected chi connectivity index (χ4v) is 3.13. The molecule has 1 aromatic heterocycles. The second-order valence-corrected chi connectivity index (χ2v) is 6.11. The molecular formula is C16H20N2OS. The van der Waals surface area contributed by atoms with Crippen LogP contribution in [0.3, 0.4) is 0 Å². The Labute approximate surface area is 124 Å². The molecule has 0 saturated carbocycles. The molecule has 0 atom stereocenters. The van der Waals surface area contributed by atoms with E-state index >= 15 is 0 Å². The number of hydrogen-bond acceptors (Lipinski definition) is 4. The first-order valence-electron chi connectivity index (χ1n) is 7.11. The highest BCUT2D eigenvalue weighted by Gasteiger charge is 2.18. The van der Waals surface area contributed by atoms with Crippen molar-refractivity contribution >= 4 is 11.8 Å². The van der Waals surface area contributed by atoms with E-state index in [1.165, 1.54) is 16.0 Å². The van der Waals surface area contributed by atoms with E-state index in [1.54, 1.807) is 0 Å². The van der Waals surface area contributed by atoms with Crippen molar-refractivity contribution in [2.24, 2.45) is 0 Å². The van der Waals surface area contributed by atoms with Gasteiger partial charge >= 0.3 is 0 Å². The maximum atomic E-state index is 5.39. The standard InChI is InChI=1S/C16H20N2OS/c1-3-14-9-15(19-17-14)11-18-7-6-12-8-16(20-2)5-4-13(12)10-18/h4-5,8-9H,3,6-7,10-11H2,1-2H3. The van der Waals surface area contributed by atoms with E-state index in [2.05, 4.69) is 47.5 Å². The summed E-state index contributed by atoms with van der Waals surface area (Å²) >= 11 is 1.81. The van der Waals surface area contributed by atoms with Gasteiger partial charge in [-0.2, -0.15) is 0 Å². The normalized spacial score (nSPS) is 15.3. The monoisotopic (exact) mass is 288 g/mol. The molecule has 4 heteroatoms. The van der Waals surface area contributed by atoms with Crippen molar-refractivity contribution in [2.75, 3.05) is 12.8 Å². The molecule has 0 bridgehead atoms. The highest BCUT2D eigenvalue weighted by Crippen LogP contribution is 2.25. The summed E-state index contributed by atoms with van der Waals surface area (Å²) in [5.74, 6) is 0.978. The van der Waals surface area contributed by atoms with E-state index < -0.39 is 0 Å². The zero-order chi connectivity index (χ0) is 13.9. The molecule has 2 heterocycles. The van der Waals surface area contributed by atoms with Crippen LogP contribution in [0, 0.1) is 0 Å². The van der Waals surface area contributed by atoms with Gasteiger partial charge in [0.15, 0.2) is 5.76 Å². The number of hydrogen-bond donors (Lipinski definition) is 0. The summed E-state index contributed by atoms with van der Waals surface area (Å²) in [6, 6.07) is 8.90. The summed E-state index contributed by atoms with van der Waals surface area (Å²) in [5, 5.41) is 4.06. The second kappa shape index (κ2) is 6.02. The first-order chi connectivity index (χ1) is 9.78. The van der Waals surface area contributed by atoms with Gasteiger partial charge in [-0.25, -0.2) is 0 Å². The third kappa shape index (κ3) is 2.91. The van der Waals surface area contributed by atoms with Crippen LogP contribution < -0.4 is 0 Å². The average Bonchev–Trinajstić information content (AvgIpc) is 2.94. The Morgan fingerprint density at radius 2 is 2.20 bits per heavy atom. The first kappa shape index (κ1) is 13.7. The molecule has 0 aliphatic carbocycles. The molecule has 0 unspecified atom stereocenters. The van der Waals surface area contributed by atoms with E-state index in [1.807, 2.05) is 11.8 Å². The highest BCUT2D eigenvalue weighted by molar-refractivity contribution is 7.98. The van der Waals surface area contributed by atoms with Gasteiger partial charge in [-0.3, -0.25) is 4.90 Å². The van der Waals surface area contributed by atoms with Crippen LogP contribution in [0.4, 0.5) is 0 Å². The van der Waals surface area contributed by atoms with Crippen LogP contribution in [0.15, 0.2) is 33.7 Å². The molecule has 1 aliphatic rings. The predicted molar refractivity (Wildman–Crippen MR) is 81.9 cm³/mol. The molecule has 0 radical (unpaired) electrons. The second-order valence-electron chi connectivity index (χ2n) is 5.23. The third-order valence-corrected chi connectivity index (χ3v) is 4.58. The molecule has 0 fully saturated rings. The topological polar surface area (TPSA) is 29.3 Å². The number of fused-ring (bicyclic) bond motifs is 1. The Balaban J connectivity index is 1.69. The van der Waals surface area contributed by atoms with E-state index in [0.29, 0.717) is 0 Å². The molecule has 3 rings (SSSR count). The lowest BCUT2D eigenvalue weighted by atomic mass is 10.00. The van der Waals surface area contributed by atoms with Crippen LogP contribution in [0.25, 0.3) is 0 Å². The van der Waals surface area contributed by atoms with Crippen LogP contribution in [0.1, 0.15) is 29.5 Å². The zero-order valence-electron chi connectivity index (χ0n) is 12.1. The first-order valence-corrected chi connectivity index (χ1v) is 8.33. The van der Waals surface area contributed by atoms with Gasteiger partial charge in [0.25, 0.3) is 0 Å². The number of aromatic nitrogens is 1. The lowest BCUT2D eigenvalue weighted by Gasteiger charge is -2.28. The number of thioether (sulfide) groups is 1. The molecule has 0 spiro atoms. The number of benzene rings is 1. The smallest absolute Gasteiger partial charge is 0.150 e. The van der Waals surface area contributed by atoms with Crippen LogP contribution in [-0.4, -0.2) is 22.9 Å². The minimum absolute atomic E-state index is 0.858. The van der Waals surface area contributed by atoms with Gasteiger partial charge in [0.2, 0.25) is 0 Å².